The molecule has 0 aliphatic carbocycles. The van der Waals surface area contributed by atoms with Gasteiger partial charge in [0.25, 0.3) is 0 Å². The molecule has 0 saturated carbocycles. The van der Waals surface area contributed by atoms with Crippen LogP contribution in [0.2, 0.25) is 0 Å². The van der Waals surface area contributed by atoms with Crippen molar-refractivity contribution in [3.8, 4) is 11.1 Å². The molecule has 0 radical (unpaired) electrons. The second-order valence-corrected chi connectivity index (χ2v) is 4.84. The van der Waals surface area contributed by atoms with Crippen molar-refractivity contribution in [1.29, 1.82) is 0 Å². The molecule has 0 fully saturated rings. The van der Waals surface area contributed by atoms with Crippen LogP contribution in [0.4, 0.5) is 17.1 Å². The van der Waals surface area contributed by atoms with E-state index in [2.05, 4.69) is 10.3 Å². The molecular weight excluding hydrogens is 274 g/mol. The van der Waals surface area contributed by atoms with Gasteiger partial charge in [0.15, 0.2) is 6.29 Å². The highest BCUT2D eigenvalue weighted by Crippen LogP contribution is 2.32. The summed E-state index contributed by atoms with van der Waals surface area (Å²) in [7, 11) is 0. The number of hydrogen-bond donors (Lipinski definition) is 2. The number of carbonyl (C=O) groups is 1. The van der Waals surface area contributed by atoms with Gasteiger partial charge in [-0.1, -0.05) is 42.5 Å². The molecular formula is C18H15N3O. The van der Waals surface area contributed by atoms with E-state index in [9.17, 15) is 4.79 Å². The van der Waals surface area contributed by atoms with Gasteiger partial charge in [0.1, 0.15) is 0 Å². The molecule has 0 aliphatic rings. The first-order valence-corrected chi connectivity index (χ1v) is 6.89. The molecule has 4 heteroatoms. The number of rotatable bonds is 4. The number of anilines is 3. The van der Waals surface area contributed by atoms with Crippen molar-refractivity contribution in [2.45, 2.75) is 0 Å². The van der Waals surface area contributed by atoms with Gasteiger partial charge >= 0.3 is 0 Å². The predicted molar refractivity (Wildman–Crippen MR) is 89.2 cm³/mol. The number of hydrogen-bond acceptors (Lipinski definition) is 4. The normalized spacial score (nSPS) is 10.2. The Morgan fingerprint density at radius 3 is 2.41 bits per heavy atom. The smallest absolute Gasteiger partial charge is 0.150 e. The third-order valence-electron chi connectivity index (χ3n) is 3.43. The highest BCUT2D eigenvalue weighted by molar-refractivity contribution is 5.92. The first kappa shape index (κ1) is 13.8. The van der Waals surface area contributed by atoms with E-state index in [4.69, 9.17) is 5.73 Å². The van der Waals surface area contributed by atoms with Crippen molar-refractivity contribution >= 4 is 23.3 Å². The van der Waals surface area contributed by atoms with E-state index >= 15 is 0 Å². The van der Waals surface area contributed by atoms with E-state index in [-0.39, 0.29) is 0 Å². The number of para-hydroxylation sites is 1. The van der Waals surface area contributed by atoms with Crippen LogP contribution >= 0.6 is 0 Å². The summed E-state index contributed by atoms with van der Waals surface area (Å²) in [6.07, 6.45) is 4.19. The number of pyridine rings is 1. The number of aldehydes is 1. The molecule has 1 heterocycles. The number of carbonyl (C=O) groups excluding carboxylic acids is 1. The number of aromatic nitrogens is 1. The summed E-state index contributed by atoms with van der Waals surface area (Å²) < 4.78 is 0. The van der Waals surface area contributed by atoms with Gasteiger partial charge in [-0.3, -0.25) is 9.78 Å². The zero-order chi connectivity index (χ0) is 15.4. The Bertz CT molecular complexity index is 815. The minimum absolute atomic E-state index is 0.619. The second-order valence-electron chi connectivity index (χ2n) is 4.84. The summed E-state index contributed by atoms with van der Waals surface area (Å²) in [4.78, 5) is 15.4. The fourth-order valence-electron chi connectivity index (χ4n) is 2.33. The standard InChI is InChI=1S/C18H15N3O/c19-16-9-10-20-11-18(16)21-17-8-4-3-7-15(17)14-6-2-1-5-13(14)12-22/h1-12,21H,(H2,19,20). The van der Waals surface area contributed by atoms with Crippen molar-refractivity contribution in [3.63, 3.8) is 0 Å². The number of benzene rings is 2. The summed E-state index contributed by atoms with van der Waals surface area (Å²) in [5.41, 5.74) is 10.6. The van der Waals surface area contributed by atoms with Crippen molar-refractivity contribution < 1.29 is 4.79 Å². The Labute approximate surface area is 128 Å². The van der Waals surface area contributed by atoms with Gasteiger partial charge in [0.2, 0.25) is 0 Å². The molecule has 2 aromatic carbocycles. The Morgan fingerprint density at radius 2 is 1.64 bits per heavy atom. The van der Waals surface area contributed by atoms with Crippen LogP contribution in [0.25, 0.3) is 11.1 Å². The molecule has 0 atom stereocenters. The lowest BCUT2D eigenvalue weighted by Gasteiger charge is -2.14. The molecule has 22 heavy (non-hydrogen) atoms. The van der Waals surface area contributed by atoms with Crippen LogP contribution in [0, 0.1) is 0 Å². The van der Waals surface area contributed by atoms with Crippen LogP contribution in [-0.4, -0.2) is 11.3 Å². The van der Waals surface area contributed by atoms with Crippen molar-refractivity contribution in [2.24, 2.45) is 0 Å². The number of nitrogen functional groups attached to an aromatic ring is 1. The van der Waals surface area contributed by atoms with Gasteiger partial charge in [-0.15, -0.1) is 0 Å². The van der Waals surface area contributed by atoms with Gasteiger partial charge in [-0.05, 0) is 17.7 Å². The molecule has 4 nitrogen and oxygen atoms in total. The maximum Gasteiger partial charge on any atom is 0.150 e. The van der Waals surface area contributed by atoms with Crippen molar-refractivity contribution in [3.05, 3.63) is 72.6 Å². The first-order valence-electron chi connectivity index (χ1n) is 6.89. The highest BCUT2D eigenvalue weighted by atomic mass is 16.1. The molecule has 108 valence electrons. The van der Waals surface area contributed by atoms with Crippen LogP contribution in [0.1, 0.15) is 10.4 Å². The van der Waals surface area contributed by atoms with Crippen LogP contribution in [0.3, 0.4) is 0 Å². The lowest BCUT2D eigenvalue weighted by Crippen LogP contribution is -1.99. The Hall–Kier alpha value is -3.14. The summed E-state index contributed by atoms with van der Waals surface area (Å²) in [6.45, 7) is 0. The van der Waals surface area contributed by atoms with Gasteiger partial charge in [-0.25, -0.2) is 0 Å². The van der Waals surface area contributed by atoms with Gasteiger partial charge in [0, 0.05) is 23.0 Å². The van der Waals surface area contributed by atoms with E-state index in [1.54, 1.807) is 24.5 Å². The summed E-state index contributed by atoms with van der Waals surface area (Å²) in [5, 5.41) is 3.29. The third-order valence-corrected chi connectivity index (χ3v) is 3.43. The fourth-order valence-corrected chi connectivity index (χ4v) is 2.33. The monoisotopic (exact) mass is 289 g/mol. The number of nitrogens with one attached hydrogen (secondary N) is 1. The maximum absolute atomic E-state index is 11.3. The van der Waals surface area contributed by atoms with Crippen molar-refractivity contribution in [1.82, 2.24) is 4.98 Å². The van der Waals surface area contributed by atoms with Crippen LogP contribution in [-0.2, 0) is 0 Å². The van der Waals surface area contributed by atoms with E-state index in [1.165, 1.54) is 0 Å². The quantitative estimate of drug-likeness (QED) is 0.715. The lowest BCUT2D eigenvalue weighted by molar-refractivity contribution is 0.112. The van der Waals surface area contributed by atoms with Crippen LogP contribution < -0.4 is 11.1 Å². The SMILES string of the molecule is Nc1ccncc1Nc1ccccc1-c1ccccc1C=O. The van der Waals surface area contributed by atoms with E-state index in [0.717, 1.165) is 28.8 Å². The molecule has 1 aromatic heterocycles. The zero-order valence-corrected chi connectivity index (χ0v) is 11.9. The van der Waals surface area contributed by atoms with Gasteiger partial charge < -0.3 is 11.1 Å². The van der Waals surface area contributed by atoms with Gasteiger partial charge in [-0.2, -0.15) is 0 Å². The van der Waals surface area contributed by atoms with Crippen molar-refractivity contribution in [2.75, 3.05) is 11.1 Å². The van der Waals surface area contributed by atoms with E-state index < -0.39 is 0 Å². The molecule has 0 unspecified atom stereocenters. The molecule has 0 spiro atoms. The minimum atomic E-state index is 0.619. The molecule has 0 saturated heterocycles. The molecule has 0 bridgehead atoms. The summed E-state index contributed by atoms with van der Waals surface area (Å²) in [6, 6.07) is 17.0. The Kier molecular flexibility index (Phi) is 3.83. The zero-order valence-electron chi connectivity index (χ0n) is 11.9. The fraction of sp³-hybridized carbons (Fsp3) is 0. The molecule has 0 amide bonds. The molecule has 3 aromatic rings. The second kappa shape index (κ2) is 6.10. The van der Waals surface area contributed by atoms with E-state index in [0.29, 0.717) is 11.3 Å². The summed E-state index contributed by atoms with van der Waals surface area (Å²) in [5.74, 6) is 0. The average Bonchev–Trinajstić information content (AvgIpc) is 2.57. The highest BCUT2D eigenvalue weighted by Gasteiger charge is 2.09. The van der Waals surface area contributed by atoms with Crippen LogP contribution in [0.15, 0.2) is 67.0 Å². The lowest BCUT2D eigenvalue weighted by atomic mass is 9.98. The largest absolute Gasteiger partial charge is 0.397 e. The minimum Gasteiger partial charge on any atom is -0.397 e. The predicted octanol–water partition coefficient (Wildman–Crippen LogP) is 3.89. The molecule has 0 aliphatic heterocycles. The molecule has 3 N–H and O–H groups in total. The topological polar surface area (TPSA) is 68.0 Å². The van der Waals surface area contributed by atoms with E-state index in [1.807, 2.05) is 42.5 Å². The average molecular weight is 289 g/mol. The Balaban J connectivity index is 2.08. The third kappa shape index (κ3) is 2.67. The Morgan fingerprint density at radius 1 is 0.909 bits per heavy atom. The van der Waals surface area contributed by atoms with Gasteiger partial charge in [0.05, 0.1) is 17.6 Å². The summed E-state index contributed by atoms with van der Waals surface area (Å²) >= 11 is 0. The first-order chi connectivity index (χ1) is 10.8. The number of nitrogens with two attached hydrogens (primary N) is 1. The maximum atomic E-state index is 11.3. The number of nitrogens with zero attached hydrogens (tertiary/aromatic N) is 1. The molecule has 3 rings (SSSR count). The van der Waals surface area contributed by atoms with Crippen LogP contribution in [0.5, 0.6) is 0 Å².